The Morgan fingerprint density at radius 3 is 2.65 bits per heavy atom. The Hall–Kier alpha value is -3.32. The van der Waals surface area contributed by atoms with Gasteiger partial charge in [0.05, 0.1) is 6.54 Å². The maximum Gasteiger partial charge on any atom is 0.324 e. The molecule has 0 aliphatic carbocycles. The number of aromatic amines is 1. The van der Waals surface area contributed by atoms with Gasteiger partial charge in [-0.1, -0.05) is 48.0 Å². The Kier molecular flexibility index (Phi) is 6.23. The molecule has 0 radical (unpaired) electrons. The summed E-state index contributed by atoms with van der Waals surface area (Å²) in [7, 11) is 0. The van der Waals surface area contributed by atoms with E-state index in [0.717, 1.165) is 26.9 Å². The lowest BCUT2D eigenvalue weighted by molar-refractivity contribution is -0.126. The van der Waals surface area contributed by atoms with Gasteiger partial charge in [-0.2, -0.15) is 0 Å². The molecule has 1 aliphatic rings. The zero-order valence-electron chi connectivity index (χ0n) is 16.9. The maximum atomic E-state index is 12.5. The Labute approximate surface area is 184 Å². The molecule has 31 heavy (non-hydrogen) atoms. The van der Waals surface area contributed by atoms with Crippen LogP contribution in [0.3, 0.4) is 0 Å². The second-order valence-electron chi connectivity index (χ2n) is 7.48. The number of nitrogens with one attached hydrogen (secondary N) is 3. The van der Waals surface area contributed by atoms with Crippen LogP contribution in [0.2, 0.25) is 5.02 Å². The van der Waals surface area contributed by atoms with Gasteiger partial charge in [0.2, 0.25) is 11.8 Å². The molecule has 8 heteroatoms. The van der Waals surface area contributed by atoms with Crippen molar-refractivity contribution in [3.63, 3.8) is 0 Å². The molecule has 1 fully saturated rings. The third kappa shape index (κ3) is 4.56. The van der Waals surface area contributed by atoms with Crippen molar-refractivity contribution in [3.8, 4) is 0 Å². The number of rotatable bonds is 8. The van der Waals surface area contributed by atoms with Gasteiger partial charge >= 0.3 is 6.03 Å². The summed E-state index contributed by atoms with van der Waals surface area (Å²) in [6.07, 6.45) is 2.59. The highest BCUT2D eigenvalue weighted by Crippen LogP contribution is 2.34. The lowest BCUT2D eigenvalue weighted by Gasteiger charge is -2.19. The molecular weight excluding hydrogens is 416 g/mol. The van der Waals surface area contributed by atoms with Crippen LogP contribution in [0.1, 0.15) is 29.9 Å². The van der Waals surface area contributed by atoms with Gasteiger partial charge < -0.3 is 15.6 Å². The molecule has 1 atom stereocenters. The van der Waals surface area contributed by atoms with Crippen molar-refractivity contribution in [1.29, 1.82) is 0 Å². The van der Waals surface area contributed by atoms with E-state index in [4.69, 9.17) is 11.6 Å². The first-order valence-corrected chi connectivity index (χ1v) is 10.6. The molecule has 1 aliphatic heterocycles. The zero-order valence-corrected chi connectivity index (χ0v) is 17.6. The van der Waals surface area contributed by atoms with Gasteiger partial charge in [-0.3, -0.25) is 14.5 Å². The number of urea groups is 1. The summed E-state index contributed by atoms with van der Waals surface area (Å²) < 4.78 is 0. The number of hydrogen-bond donors (Lipinski definition) is 3. The summed E-state index contributed by atoms with van der Waals surface area (Å²) >= 11 is 6.49. The summed E-state index contributed by atoms with van der Waals surface area (Å²) in [5.41, 5.74) is 3.02. The monoisotopic (exact) mass is 438 g/mol. The number of nitrogens with zero attached hydrogens (tertiary/aromatic N) is 1. The summed E-state index contributed by atoms with van der Waals surface area (Å²) in [5.74, 6) is -0.521. The molecule has 0 bridgehead atoms. The van der Waals surface area contributed by atoms with Gasteiger partial charge in [0, 0.05) is 47.6 Å². The van der Waals surface area contributed by atoms with Gasteiger partial charge in [0.25, 0.3) is 0 Å². The number of benzene rings is 2. The fourth-order valence-electron chi connectivity index (χ4n) is 3.91. The van der Waals surface area contributed by atoms with Crippen LogP contribution in [-0.4, -0.2) is 47.4 Å². The van der Waals surface area contributed by atoms with Crippen molar-refractivity contribution in [2.75, 3.05) is 19.6 Å². The lowest BCUT2D eigenvalue weighted by atomic mass is 9.90. The van der Waals surface area contributed by atoms with E-state index in [0.29, 0.717) is 18.0 Å². The van der Waals surface area contributed by atoms with Crippen molar-refractivity contribution in [2.24, 2.45) is 0 Å². The number of H-pyrrole nitrogens is 1. The predicted molar refractivity (Wildman–Crippen MR) is 119 cm³/mol. The van der Waals surface area contributed by atoms with Crippen LogP contribution in [0.4, 0.5) is 4.79 Å². The molecule has 3 aromatic rings. The van der Waals surface area contributed by atoms with Gasteiger partial charge in [-0.05, 0) is 29.7 Å². The number of para-hydroxylation sites is 1. The van der Waals surface area contributed by atoms with E-state index in [1.54, 1.807) is 0 Å². The number of imide groups is 1. The second kappa shape index (κ2) is 9.22. The molecule has 1 aromatic heterocycles. The van der Waals surface area contributed by atoms with Crippen LogP contribution in [0.15, 0.2) is 54.7 Å². The van der Waals surface area contributed by atoms with Crippen LogP contribution in [0, 0.1) is 0 Å². The third-order valence-corrected chi connectivity index (χ3v) is 5.85. The number of hydrogen-bond acceptors (Lipinski definition) is 3. The Morgan fingerprint density at radius 2 is 1.87 bits per heavy atom. The van der Waals surface area contributed by atoms with E-state index >= 15 is 0 Å². The molecule has 2 heterocycles. The minimum absolute atomic E-state index is 0.0230. The number of carbonyl (C=O) groups is 3. The van der Waals surface area contributed by atoms with E-state index in [1.807, 2.05) is 54.7 Å². The number of amides is 4. The fraction of sp³-hybridized carbons (Fsp3) is 0.261. The van der Waals surface area contributed by atoms with E-state index in [1.165, 1.54) is 0 Å². The third-order valence-electron chi connectivity index (χ3n) is 5.50. The first-order valence-electron chi connectivity index (χ1n) is 10.2. The molecule has 1 saturated heterocycles. The lowest BCUT2D eigenvalue weighted by Crippen LogP contribution is -2.33. The van der Waals surface area contributed by atoms with E-state index in [2.05, 4.69) is 15.6 Å². The molecule has 0 saturated carbocycles. The summed E-state index contributed by atoms with van der Waals surface area (Å²) in [6, 6.07) is 15.2. The van der Waals surface area contributed by atoms with E-state index in [9.17, 15) is 14.4 Å². The average Bonchev–Trinajstić information content (AvgIpc) is 3.33. The highest BCUT2D eigenvalue weighted by Gasteiger charge is 2.28. The zero-order chi connectivity index (χ0) is 21.8. The number of fused-ring (bicyclic) bond motifs is 1. The number of halogens is 1. The van der Waals surface area contributed by atoms with Gasteiger partial charge in [-0.25, -0.2) is 4.79 Å². The molecule has 4 rings (SSSR count). The molecule has 4 amide bonds. The molecule has 160 valence electrons. The molecule has 7 nitrogen and oxygen atoms in total. The standard InChI is InChI=1S/C23H23ClN4O3/c24-19-8-3-1-6-15(19)17(18-12-25-20-9-4-2-7-16(18)20)13-26-21(29)10-5-11-28-22(30)14-27-23(28)31/h1-4,6-9,12,17,25H,5,10-11,13-14H2,(H,26,29)(H,27,31). The second-order valence-corrected chi connectivity index (χ2v) is 7.88. The fourth-order valence-corrected chi connectivity index (χ4v) is 4.18. The molecule has 1 unspecified atom stereocenters. The largest absolute Gasteiger partial charge is 0.361 e. The Balaban J connectivity index is 1.44. The number of aromatic nitrogens is 1. The Bertz CT molecular complexity index is 1110. The molecule has 3 N–H and O–H groups in total. The van der Waals surface area contributed by atoms with Gasteiger partial charge in [0.15, 0.2) is 0 Å². The predicted octanol–water partition coefficient (Wildman–Crippen LogP) is 3.40. The van der Waals surface area contributed by atoms with E-state index < -0.39 is 6.03 Å². The normalized spacial score (nSPS) is 14.7. The van der Waals surface area contributed by atoms with Gasteiger partial charge in [-0.15, -0.1) is 0 Å². The Morgan fingerprint density at radius 1 is 1.10 bits per heavy atom. The minimum atomic E-state index is -0.400. The van der Waals surface area contributed by atoms with Crippen molar-refractivity contribution >= 4 is 40.3 Å². The van der Waals surface area contributed by atoms with Crippen molar-refractivity contribution < 1.29 is 14.4 Å². The smallest absolute Gasteiger partial charge is 0.324 e. The topological polar surface area (TPSA) is 94.3 Å². The van der Waals surface area contributed by atoms with Crippen LogP contribution in [-0.2, 0) is 9.59 Å². The highest BCUT2D eigenvalue weighted by atomic mass is 35.5. The summed E-state index contributed by atoms with van der Waals surface area (Å²) in [6.45, 7) is 0.636. The first kappa shape index (κ1) is 20.9. The van der Waals surface area contributed by atoms with Crippen LogP contribution in [0.5, 0.6) is 0 Å². The van der Waals surface area contributed by atoms with E-state index in [-0.39, 0.29) is 37.2 Å². The number of carbonyl (C=O) groups excluding carboxylic acids is 3. The molecule has 2 aromatic carbocycles. The van der Waals surface area contributed by atoms with Crippen molar-refractivity contribution in [2.45, 2.75) is 18.8 Å². The average molecular weight is 439 g/mol. The van der Waals surface area contributed by atoms with Gasteiger partial charge in [0.1, 0.15) is 0 Å². The SMILES string of the molecule is O=C(CCCN1C(=O)CNC1=O)NCC(c1ccccc1Cl)c1c[nH]c2ccccc12. The van der Waals surface area contributed by atoms with Crippen LogP contribution < -0.4 is 10.6 Å². The summed E-state index contributed by atoms with van der Waals surface area (Å²) in [4.78, 5) is 40.1. The van der Waals surface area contributed by atoms with Crippen molar-refractivity contribution in [1.82, 2.24) is 20.5 Å². The summed E-state index contributed by atoms with van der Waals surface area (Å²) in [5, 5.41) is 7.19. The van der Waals surface area contributed by atoms with Crippen molar-refractivity contribution in [3.05, 3.63) is 70.9 Å². The maximum absolute atomic E-state index is 12.5. The van der Waals surface area contributed by atoms with Crippen LogP contribution in [0.25, 0.3) is 10.9 Å². The minimum Gasteiger partial charge on any atom is -0.361 e. The quantitative estimate of drug-likeness (QED) is 0.470. The molecule has 0 spiro atoms. The first-order chi connectivity index (χ1) is 15.0. The van der Waals surface area contributed by atoms with Crippen LogP contribution >= 0.6 is 11.6 Å². The molecular formula is C23H23ClN4O3. The highest BCUT2D eigenvalue weighted by molar-refractivity contribution is 6.31.